The standard InChI is InChI=1S/C22H22Cl2N4O4/c1-2-22(30)27-11-9-26(10-12-27)19-7-5-16(23)14-18(19)25-21(29)8-4-15-3-6-17(24)20(13-15)28(31)32/h3-8,13-14H,2,9-12H2,1H3,(H,25,29). The molecule has 0 bridgehead atoms. The first-order chi connectivity index (χ1) is 15.3. The fraction of sp³-hybridized carbons (Fsp3) is 0.273. The third-order valence-electron chi connectivity index (χ3n) is 5.09. The van der Waals surface area contributed by atoms with E-state index < -0.39 is 10.8 Å². The topological polar surface area (TPSA) is 95.8 Å². The third-order valence-corrected chi connectivity index (χ3v) is 5.64. The molecular weight excluding hydrogens is 455 g/mol. The molecule has 0 saturated carbocycles. The van der Waals surface area contributed by atoms with Gasteiger partial charge in [0.1, 0.15) is 5.02 Å². The van der Waals surface area contributed by atoms with Gasteiger partial charge in [0.15, 0.2) is 0 Å². The summed E-state index contributed by atoms with van der Waals surface area (Å²) in [6.07, 6.45) is 3.24. The molecule has 2 aromatic carbocycles. The van der Waals surface area contributed by atoms with Crippen LogP contribution in [0.15, 0.2) is 42.5 Å². The summed E-state index contributed by atoms with van der Waals surface area (Å²) in [6.45, 7) is 4.34. The highest BCUT2D eigenvalue weighted by molar-refractivity contribution is 6.32. The summed E-state index contributed by atoms with van der Waals surface area (Å²) in [5.74, 6) is -0.284. The van der Waals surface area contributed by atoms with Gasteiger partial charge in [-0.2, -0.15) is 0 Å². The van der Waals surface area contributed by atoms with Crippen LogP contribution in [0.3, 0.4) is 0 Å². The summed E-state index contributed by atoms with van der Waals surface area (Å²) in [5.41, 5.74) is 1.60. The predicted molar refractivity (Wildman–Crippen MR) is 126 cm³/mol. The second-order valence-electron chi connectivity index (χ2n) is 7.17. The summed E-state index contributed by atoms with van der Waals surface area (Å²) in [5, 5.41) is 14.3. The molecular formula is C22H22Cl2N4O4. The van der Waals surface area contributed by atoms with Gasteiger partial charge >= 0.3 is 0 Å². The second kappa shape index (κ2) is 10.5. The lowest BCUT2D eigenvalue weighted by Crippen LogP contribution is -2.48. The van der Waals surface area contributed by atoms with Crippen molar-refractivity contribution in [2.24, 2.45) is 0 Å². The van der Waals surface area contributed by atoms with Gasteiger partial charge in [0.2, 0.25) is 11.8 Å². The molecule has 1 N–H and O–H groups in total. The molecule has 0 unspecified atom stereocenters. The number of nitrogens with zero attached hydrogens (tertiary/aromatic N) is 3. The zero-order valence-corrected chi connectivity index (χ0v) is 18.9. The molecule has 10 heteroatoms. The van der Waals surface area contributed by atoms with Crippen LogP contribution in [0.25, 0.3) is 6.08 Å². The van der Waals surface area contributed by atoms with Gasteiger partial charge in [-0.3, -0.25) is 19.7 Å². The van der Waals surface area contributed by atoms with Gasteiger partial charge < -0.3 is 15.1 Å². The van der Waals surface area contributed by atoms with Crippen LogP contribution in [0.1, 0.15) is 18.9 Å². The molecule has 2 amide bonds. The highest BCUT2D eigenvalue weighted by Crippen LogP contribution is 2.30. The fourth-order valence-electron chi connectivity index (χ4n) is 3.42. The van der Waals surface area contributed by atoms with Crippen LogP contribution in [0.5, 0.6) is 0 Å². The lowest BCUT2D eigenvalue weighted by Gasteiger charge is -2.37. The lowest BCUT2D eigenvalue weighted by molar-refractivity contribution is -0.384. The number of halogens is 2. The van der Waals surface area contributed by atoms with E-state index in [0.29, 0.717) is 48.9 Å². The number of rotatable bonds is 6. The number of carbonyl (C=O) groups excluding carboxylic acids is 2. The van der Waals surface area contributed by atoms with Crippen LogP contribution in [0.4, 0.5) is 17.1 Å². The Kier molecular flexibility index (Phi) is 7.71. The number of hydrogen-bond acceptors (Lipinski definition) is 5. The van der Waals surface area contributed by atoms with Gasteiger partial charge in [0, 0.05) is 49.8 Å². The highest BCUT2D eigenvalue weighted by atomic mass is 35.5. The molecule has 1 aliphatic heterocycles. The average Bonchev–Trinajstić information content (AvgIpc) is 2.78. The van der Waals surface area contributed by atoms with Gasteiger partial charge in [0.05, 0.1) is 16.3 Å². The van der Waals surface area contributed by atoms with E-state index in [4.69, 9.17) is 23.2 Å². The fourth-order valence-corrected chi connectivity index (χ4v) is 3.78. The van der Waals surface area contributed by atoms with Crippen molar-refractivity contribution in [2.75, 3.05) is 36.4 Å². The van der Waals surface area contributed by atoms with E-state index in [1.165, 1.54) is 24.3 Å². The minimum absolute atomic E-state index is 0.0286. The molecule has 0 spiro atoms. The molecule has 0 radical (unpaired) electrons. The first kappa shape index (κ1) is 23.6. The molecule has 32 heavy (non-hydrogen) atoms. The third kappa shape index (κ3) is 5.77. The Hall–Kier alpha value is -3.10. The molecule has 8 nitrogen and oxygen atoms in total. The minimum atomic E-state index is -0.578. The average molecular weight is 477 g/mol. The Morgan fingerprint density at radius 2 is 1.84 bits per heavy atom. The number of nitrogens with one attached hydrogen (secondary N) is 1. The van der Waals surface area contributed by atoms with Crippen molar-refractivity contribution < 1.29 is 14.5 Å². The van der Waals surface area contributed by atoms with Crippen molar-refractivity contribution in [3.8, 4) is 0 Å². The minimum Gasteiger partial charge on any atom is -0.366 e. The SMILES string of the molecule is CCC(=O)N1CCN(c2ccc(Cl)cc2NC(=O)C=Cc2ccc(Cl)c([N+](=O)[O-])c2)CC1. The molecule has 1 aliphatic rings. The van der Waals surface area contributed by atoms with Crippen LogP contribution < -0.4 is 10.2 Å². The number of piperazine rings is 1. The number of carbonyl (C=O) groups is 2. The van der Waals surface area contributed by atoms with E-state index in [2.05, 4.69) is 10.2 Å². The quantitative estimate of drug-likeness (QED) is 0.373. The van der Waals surface area contributed by atoms with Crippen LogP contribution >= 0.6 is 23.2 Å². The van der Waals surface area contributed by atoms with Crippen molar-refractivity contribution in [3.63, 3.8) is 0 Å². The maximum atomic E-state index is 12.5. The van der Waals surface area contributed by atoms with E-state index in [0.717, 1.165) is 5.69 Å². The van der Waals surface area contributed by atoms with Crippen molar-refractivity contribution in [3.05, 3.63) is 68.2 Å². The van der Waals surface area contributed by atoms with E-state index in [-0.39, 0.29) is 16.6 Å². The highest BCUT2D eigenvalue weighted by Gasteiger charge is 2.22. The van der Waals surface area contributed by atoms with Crippen LogP contribution in [0, 0.1) is 10.1 Å². The van der Waals surface area contributed by atoms with Crippen LogP contribution in [0.2, 0.25) is 10.0 Å². The molecule has 0 aromatic heterocycles. The number of amides is 2. The normalized spacial score (nSPS) is 14.0. The molecule has 1 fully saturated rings. The van der Waals surface area contributed by atoms with Crippen molar-refractivity contribution in [1.82, 2.24) is 4.90 Å². The van der Waals surface area contributed by atoms with Crippen LogP contribution in [-0.2, 0) is 9.59 Å². The summed E-state index contributed by atoms with van der Waals surface area (Å²) in [6, 6.07) is 9.55. The number of anilines is 2. The maximum absolute atomic E-state index is 12.5. The molecule has 0 aliphatic carbocycles. The predicted octanol–water partition coefficient (Wildman–Crippen LogP) is 4.61. The Bertz CT molecular complexity index is 1070. The molecule has 168 valence electrons. The Morgan fingerprint density at radius 1 is 1.12 bits per heavy atom. The summed E-state index contributed by atoms with van der Waals surface area (Å²) in [4.78, 5) is 38.8. The molecule has 3 rings (SSSR count). The number of nitro benzene ring substituents is 1. The second-order valence-corrected chi connectivity index (χ2v) is 8.02. The van der Waals surface area contributed by atoms with Gasteiger partial charge in [-0.05, 0) is 35.9 Å². The largest absolute Gasteiger partial charge is 0.366 e. The van der Waals surface area contributed by atoms with Gasteiger partial charge in [-0.25, -0.2) is 0 Å². The van der Waals surface area contributed by atoms with E-state index >= 15 is 0 Å². The monoisotopic (exact) mass is 476 g/mol. The zero-order chi connectivity index (χ0) is 23.3. The van der Waals surface area contributed by atoms with Gasteiger partial charge in [-0.1, -0.05) is 36.2 Å². The van der Waals surface area contributed by atoms with Crippen LogP contribution in [-0.4, -0.2) is 47.8 Å². The summed E-state index contributed by atoms with van der Waals surface area (Å²) >= 11 is 12.0. The number of nitro groups is 1. The Morgan fingerprint density at radius 3 is 2.50 bits per heavy atom. The summed E-state index contributed by atoms with van der Waals surface area (Å²) in [7, 11) is 0. The Labute approximate surface area is 195 Å². The van der Waals surface area contributed by atoms with Crippen molar-refractivity contribution in [2.45, 2.75) is 13.3 Å². The van der Waals surface area contributed by atoms with E-state index in [1.54, 1.807) is 18.2 Å². The van der Waals surface area contributed by atoms with Crippen molar-refractivity contribution >= 4 is 58.2 Å². The maximum Gasteiger partial charge on any atom is 0.288 e. The Balaban J connectivity index is 1.72. The molecule has 1 saturated heterocycles. The first-order valence-corrected chi connectivity index (χ1v) is 10.8. The molecule has 0 atom stereocenters. The first-order valence-electron chi connectivity index (χ1n) is 10.0. The molecule has 2 aromatic rings. The smallest absolute Gasteiger partial charge is 0.288 e. The van der Waals surface area contributed by atoms with E-state index in [1.807, 2.05) is 17.9 Å². The van der Waals surface area contributed by atoms with E-state index in [9.17, 15) is 19.7 Å². The number of benzene rings is 2. The lowest BCUT2D eigenvalue weighted by atomic mass is 10.2. The van der Waals surface area contributed by atoms with Crippen molar-refractivity contribution in [1.29, 1.82) is 0 Å². The van der Waals surface area contributed by atoms with Gasteiger partial charge in [0.25, 0.3) is 5.69 Å². The van der Waals surface area contributed by atoms with Gasteiger partial charge in [-0.15, -0.1) is 0 Å². The summed E-state index contributed by atoms with van der Waals surface area (Å²) < 4.78 is 0. The molecule has 1 heterocycles. The number of hydrogen-bond donors (Lipinski definition) is 1. The zero-order valence-electron chi connectivity index (χ0n) is 17.4.